The van der Waals surface area contributed by atoms with Gasteiger partial charge in [-0.15, -0.1) is 0 Å². The van der Waals surface area contributed by atoms with Crippen molar-refractivity contribution in [2.24, 2.45) is 0 Å². The molecule has 2 amide bonds. The molecule has 2 N–H and O–H groups in total. The average molecular weight is 341 g/mol. The number of rotatable bonds is 2. The van der Waals surface area contributed by atoms with E-state index in [9.17, 15) is 19.8 Å². The van der Waals surface area contributed by atoms with Crippen LogP contribution in [0.4, 0.5) is 10.5 Å². The fourth-order valence-corrected chi connectivity index (χ4v) is 3.27. The Morgan fingerprint density at radius 3 is 2.50 bits per heavy atom. The number of aryl methyl sites for hydroxylation is 1. The van der Waals surface area contributed by atoms with Gasteiger partial charge in [-0.05, 0) is 66.6 Å². The highest BCUT2D eigenvalue weighted by Gasteiger charge is 2.37. The first-order valence-electron chi connectivity index (χ1n) is 7.24. The Hall–Kier alpha value is -2.73. The van der Waals surface area contributed by atoms with E-state index in [1.54, 1.807) is 12.1 Å². The lowest BCUT2D eigenvalue weighted by Gasteiger charge is -2.16. The quantitative estimate of drug-likeness (QED) is 0.639. The number of thioether (sulfide) groups is 1. The second-order valence-corrected chi connectivity index (χ2v) is 6.48. The minimum Gasteiger partial charge on any atom is -0.504 e. The van der Waals surface area contributed by atoms with Crippen molar-refractivity contribution in [1.82, 2.24) is 0 Å². The molecule has 0 bridgehead atoms. The molecule has 1 saturated heterocycles. The summed E-state index contributed by atoms with van der Waals surface area (Å²) < 4.78 is 0. The lowest BCUT2D eigenvalue weighted by Crippen LogP contribution is -2.28. The highest BCUT2D eigenvalue weighted by molar-refractivity contribution is 8.19. The van der Waals surface area contributed by atoms with E-state index in [1.807, 2.05) is 26.0 Å². The van der Waals surface area contributed by atoms with Gasteiger partial charge in [0, 0.05) is 0 Å². The van der Waals surface area contributed by atoms with Crippen LogP contribution in [-0.2, 0) is 4.79 Å². The molecule has 0 atom stereocenters. The molecule has 2 aromatic rings. The number of carbonyl (C=O) groups excluding carboxylic acids is 2. The molecule has 0 radical (unpaired) electrons. The maximum atomic E-state index is 12.6. The van der Waals surface area contributed by atoms with Crippen LogP contribution >= 0.6 is 11.8 Å². The van der Waals surface area contributed by atoms with Crippen LogP contribution < -0.4 is 4.90 Å². The first-order chi connectivity index (χ1) is 11.4. The second-order valence-electron chi connectivity index (χ2n) is 5.48. The van der Waals surface area contributed by atoms with Gasteiger partial charge in [0.05, 0.1) is 10.6 Å². The number of phenols is 2. The SMILES string of the molecule is Cc1cccc(N2C(=O)S/C(=C\c3ccc(O)c(O)c3)C2=O)c1C. The molecule has 0 spiro atoms. The van der Waals surface area contributed by atoms with Gasteiger partial charge >= 0.3 is 0 Å². The highest BCUT2D eigenvalue weighted by atomic mass is 32.2. The number of carbonyl (C=O) groups is 2. The topological polar surface area (TPSA) is 77.8 Å². The van der Waals surface area contributed by atoms with Gasteiger partial charge in [-0.25, -0.2) is 4.90 Å². The van der Waals surface area contributed by atoms with Gasteiger partial charge in [0.15, 0.2) is 11.5 Å². The largest absolute Gasteiger partial charge is 0.504 e. The monoisotopic (exact) mass is 341 g/mol. The zero-order valence-corrected chi connectivity index (χ0v) is 13.9. The predicted octanol–water partition coefficient (Wildman–Crippen LogP) is 3.96. The number of anilines is 1. The predicted molar refractivity (Wildman–Crippen MR) is 94.1 cm³/mol. The number of hydrogen-bond acceptors (Lipinski definition) is 5. The standard InChI is InChI=1S/C18H15NO4S/c1-10-4-3-5-13(11(10)2)19-17(22)16(24-18(19)23)9-12-6-7-14(20)15(21)8-12/h3-9,20-21H,1-2H3/b16-9-. The smallest absolute Gasteiger partial charge is 0.298 e. The summed E-state index contributed by atoms with van der Waals surface area (Å²) in [6.45, 7) is 3.79. The van der Waals surface area contributed by atoms with Crippen LogP contribution in [0.2, 0.25) is 0 Å². The first-order valence-corrected chi connectivity index (χ1v) is 8.06. The zero-order valence-electron chi connectivity index (χ0n) is 13.1. The zero-order chi connectivity index (χ0) is 17.4. The lowest BCUT2D eigenvalue weighted by atomic mass is 10.1. The molecule has 6 heteroatoms. The van der Waals surface area contributed by atoms with Crippen molar-refractivity contribution >= 4 is 34.7 Å². The molecule has 24 heavy (non-hydrogen) atoms. The Balaban J connectivity index is 1.98. The van der Waals surface area contributed by atoms with Crippen LogP contribution in [-0.4, -0.2) is 21.4 Å². The number of nitrogens with zero attached hydrogens (tertiary/aromatic N) is 1. The summed E-state index contributed by atoms with van der Waals surface area (Å²) in [6.07, 6.45) is 1.52. The minimum atomic E-state index is -0.397. The van der Waals surface area contributed by atoms with Gasteiger partial charge in [0.2, 0.25) is 0 Å². The van der Waals surface area contributed by atoms with Crippen molar-refractivity contribution in [2.45, 2.75) is 13.8 Å². The molecule has 122 valence electrons. The van der Waals surface area contributed by atoms with Gasteiger partial charge < -0.3 is 10.2 Å². The molecular weight excluding hydrogens is 326 g/mol. The molecule has 0 aliphatic carbocycles. The van der Waals surface area contributed by atoms with E-state index in [2.05, 4.69) is 0 Å². The summed E-state index contributed by atoms with van der Waals surface area (Å²) in [5.41, 5.74) is 2.98. The molecular formula is C18H15NO4S. The highest BCUT2D eigenvalue weighted by Crippen LogP contribution is 2.38. The van der Waals surface area contributed by atoms with E-state index >= 15 is 0 Å². The number of benzene rings is 2. The van der Waals surface area contributed by atoms with Crippen LogP contribution in [0.15, 0.2) is 41.3 Å². The van der Waals surface area contributed by atoms with Crippen LogP contribution in [0.3, 0.4) is 0 Å². The normalized spacial score (nSPS) is 16.2. The second kappa shape index (κ2) is 6.05. The molecule has 5 nitrogen and oxygen atoms in total. The van der Waals surface area contributed by atoms with Crippen LogP contribution in [0.5, 0.6) is 11.5 Å². The Morgan fingerprint density at radius 2 is 1.79 bits per heavy atom. The third-order valence-electron chi connectivity index (χ3n) is 3.91. The minimum absolute atomic E-state index is 0.240. The molecule has 1 aliphatic rings. The molecule has 2 aromatic carbocycles. The van der Waals surface area contributed by atoms with Gasteiger partial charge in [0.1, 0.15) is 0 Å². The Kier molecular flexibility index (Phi) is 4.07. The van der Waals surface area contributed by atoms with Crippen molar-refractivity contribution in [2.75, 3.05) is 4.90 Å². The third-order valence-corrected chi connectivity index (χ3v) is 4.78. The molecule has 1 heterocycles. The molecule has 0 aromatic heterocycles. The summed E-state index contributed by atoms with van der Waals surface area (Å²) in [5.74, 6) is -0.917. The third kappa shape index (κ3) is 2.76. The number of phenolic OH excluding ortho intramolecular Hbond substituents is 2. The van der Waals surface area contributed by atoms with Crippen LogP contribution in [0.25, 0.3) is 6.08 Å². The van der Waals surface area contributed by atoms with Gasteiger partial charge in [-0.1, -0.05) is 18.2 Å². The van der Waals surface area contributed by atoms with E-state index in [0.29, 0.717) is 11.3 Å². The molecule has 3 rings (SSSR count). The number of hydrogen-bond donors (Lipinski definition) is 2. The van der Waals surface area contributed by atoms with Gasteiger partial charge in [-0.2, -0.15) is 0 Å². The number of aromatic hydroxyl groups is 2. The fourth-order valence-electron chi connectivity index (χ4n) is 2.43. The Bertz CT molecular complexity index is 889. The van der Waals surface area contributed by atoms with Crippen molar-refractivity contribution in [3.8, 4) is 11.5 Å². The van der Waals surface area contributed by atoms with Crippen LogP contribution in [0, 0.1) is 13.8 Å². The van der Waals surface area contributed by atoms with Crippen molar-refractivity contribution in [3.63, 3.8) is 0 Å². The van der Waals surface area contributed by atoms with E-state index in [4.69, 9.17) is 0 Å². The number of amides is 2. The van der Waals surface area contributed by atoms with Crippen molar-refractivity contribution in [3.05, 3.63) is 58.0 Å². The fraction of sp³-hybridized carbons (Fsp3) is 0.111. The summed E-state index contributed by atoms with van der Waals surface area (Å²) in [6, 6.07) is 9.70. The summed E-state index contributed by atoms with van der Waals surface area (Å²) in [4.78, 5) is 26.4. The lowest BCUT2D eigenvalue weighted by molar-refractivity contribution is -0.113. The number of imide groups is 1. The summed E-state index contributed by atoms with van der Waals surface area (Å²) in [5, 5.41) is 18.5. The summed E-state index contributed by atoms with van der Waals surface area (Å²) in [7, 11) is 0. The van der Waals surface area contributed by atoms with E-state index < -0.39 is 5.91 Å². The van der Waals surface area contributed by atoms with E-state index in [0.717, 1.165) is 22.9 Å². The molecule has 0 saturated carbocycles. The van der Waals surface area contributed by atoms with E-state index in [1.165, 1.54) is 23.1 Å². The maximum absolute atomic E-state index is 12.6. The van der Waals surface area contributed by atoms with Gasteiger partial charge in [-0.3, -0.25) is 9.59 Å². The van der Waals surface area contributed by atoms with Crippen LogP contribution in [0.1, 0.15) is 16.7 Å². The Labute approximate surface area is 143 Å². The van der Waals surface area contributed by atoms with E-state index in [-0.39, 0.29) is 21.6 Å². The average Bonchev–Trinajstić information content (AvgIpc) is 2.80. The summed E-state index contributed by atoms with van der Waals surface area (Å²) >= 11 is 0.850. The Morgan fingerprint density at radius 1 is 1.04 bits per heavy atom. The maximum Gasteiger partial charge on any atom is 0.298 e. The van der Waals surface area contributed by atoms with Crippen molar-refractivity contribution < 1.29 is 19.8 Å². The molecule has 0 unspecified atom stereocenters. The van der Waals surface area contributed by atoms with Gasteiger partial charge in [0.25, 0.3) is 11.1 Å². The first kappa shape index (κ1) is 16.1. The molecule has 1 fully saturated rings. The van der Waals surface area contributed by atoms with Crippen molar-refractivity contribution in [1.29, 1.82) is 0 Å². The molecule has 1 aliphatic heterocycles.